The highest BCUT2D eigenvalue weighted by Gasteiger charge is 2.07. The molecule has 0 unspecified atom stereocenters. The first-order chi connectivity index (χ1) is 9.69. The van der Waals surface area contributed by atoms with Crippen molar-refractivity contribution in [1.29, 1.82) is 0 Å². The van der Waals surface area contributed by atoms with E-state index in [1.165, 1.54) is 16.7 Å². The number of hydrogen-bond acceptors (Lipinski definition) is 2. The number of fused-ring (bicyclic) bond motifs is 1. The van der Waals surface area contributed by atoms with E-state index < -0.39 is 0 Å². The Labute approximate surface area is 119 Å². The van der Waals surface area contributed by atoms with E-state index >= 15 is 0 Å². The molecule has 0 aliphatic heterocycles. The second-order valence-electron chi connectivity index (χ2n) is 5.02. The normalized spacial score (nSPS) is 10.8. The van der Waals surface area contributed by atoms with Crippen LogP contribution >= 0.6 is 0 Å². The summed E-state index contributed by atoms with van der Waals surface area (Å²) < 4.78 is 5.28. The molecule has 0 radical (unpaired) electrons. The molecule has 2 aromatic carbocycles. The number of rotatable bonds is 2. The maximum atomic E-state index is 5.28. The van der Waals surface area contributed by atoms with Crippen molar-refractivity contribution in [1.82, 2.24) is 4.98 Å². The number of nitrogens with zero attached hydrogens (tertiary/aromatic N) is 1. The lowest BCUT2D eigenvalue weighted by Crippen LogP contribution is -1.91. The average molecular weight is 263 g/mol. The number of hydrogen-bond donors (Lipinski definition) is 0. The van der Waals surface area contributed by atoms with E-state index in [4.69, 9.17) is 9.72 Å². The largest absolute Gasteiger partial charge is 0.497 e. The quantitative estimate of drug-likeness (QED) is 0.677. The molecule has 0 saturated carbocycles. The first-order valence-corrected chi connectivity index (χ1v) is 6.70. The van der Waals surface area contributed by atoms with Gasteiger partial charge in [-0.1, -0.05) is 24.3 Å². The van der Waals surface area contributed by atoms with Crippen LogP contribution < -0.4 is 4.74 Å². The van der Waals surface area contributed by atoms with Gasteiger partial charge in [0.05, 0.1) is 18.3 Å². The van der Waals surface area contributed by atoms with Crippen LogP contribution in [-0.2, 0) is 0 Å². The van der Waals surface area contributed by atoms with Crippen LogP contribution in [0.3, 0.4) is 0 Å². The van der Waals surface area contributed by atoms with Crippen molar-refractivity contribution in [2.75, 3.05) is 7.11 Å². The number of aryl methyl sites for hydroxylation is 2. The topological polar surface area (TPSA) is 22.1 Å². The maximum absolute atomic E-state index is 5.28. The molecule has 3 rings (SSSR count). The maximum Gasteiger partial charge on any atom is 0.119 e. The Kier molecular flexibility index (Phi) is 3.15. The highest BCUT2D eigenvalue weighted by molar-refractivity contribution is 5.86. The van der Waals surface area contributed by atoms with E-state index in [0.717, 1.165) is 22.3 Å². The molecular formula is C18H17NO. The standard InChI is InChI=1S/C18H17NO/c1-12-6-4-5-7-15(12)18-10-13(2)16-11-14(20-3)8-9-17(16)19-18/h4-11H,1-3H3. The molecule has 20 heavy (non-hydrogen) atoms. The highest BCUT2D eigenvalue weighted by Crippen LogP contribution is 2.28. The first kappa shape index (κ1) is 12.7. The summed E-state index contributed by atoms with van der Waals surface area (Å²) in [6.07, 6.45) is 0. The van der Waals surface area contributed by atoms with Crippen LogP contribution in [0.4, 0.5) is 0 Å². The second kappa shape index (κ2) is 4.97. The minimum Gasteiger partial charge on any atom is -0.497 e. The van der Waals surface area contributed by atoms with Gasteiger partial charge in [0, 0.05) is 10.9 Å². The van der Waals surface area contributed by atoms with Crippen molar-refractivity contribution < 1.29 is 4.74 Å². The first-order valence-electron chi connectivity index (χ1n) is 6.70. The number of benzene rings is 2. The summed E-state index contributed by atoms with van der Waals surface area (Å²) >= 11 is 0. The molecule has 0 aliphatic rings. The van der Waals surface area contributed by atoms with Crippen molar-refractivity contribution in [3.63, 3.8) is 0 Å². The molecule has 0 aliphatic carbocycles. The zero-order valence-electron chi connectivity index (χ0n) is 12.0. The van der Waals surface area contributed by atoms with Gasteiger partial charge >= 0.3 is 0 Å². The lowest BCUT2D eigenvalue weighted by atomic mass is 10.0. The number of ether oxygens (including phenoxy) is 1. The van der Waals surface area contributed by atoms with Crippen LogP contribution in [0.5, 0.6) is 5.75 Å². The van der Waals surface area contributed by atoms with Gasteiger partial charge in [-0.25, -0.2) is 4.98 Å². The molecular weight excluding hydrogens is 246 g/mol. The zero-order chi connectivity index (χ0) is 14.1. The molecule has 0 fully saturated rings. The lowest BCUT2D eigenvalue weighted by molar-refractivity contribution is 0.415. The van der Waals surface area contributed by atoms with E-state index in [1.807, 2.05) is 18.2 Å². The van der Waals surface area contributed by atoms with Crippen LogP contribution in [0.15, 0.2) is 48.5 Å². The third-order valence-electron chi connectivity index (χ3n) is 3.64. The Hall–Kier alpha value is -2.35. The molecule has 0 atom stereocenters. The molecule has 3 aromatic rings. The average Bonchev–Trinajstić information content (AvgIpc) is 2.47. The molecule has 1 aromatic heterocycles. The predicted molar refractivity (Wildman–Crippen MR) is 83.2 cm³/mol. The Balaban J connectivity index is 2.23. The van der Waals surface area contributed by atoms with E-state index in [0.29, 0.717) is 0 Å². The van der Waals surface area contributed by atoms with Crippen LogP contribution in [-0.4, -0.2) is 12.1 Å². The summed E-state index contributed by atoms with van der Waals surface area (Å²) in [5.41, 5.74) is 5.68. The van der Waals surface area contributed by atoms with Crippen LogP contribution in [0.2, 0.25) is 0 Å². The predicted octanol–water partition coefficient (Wildman–Crippen LogP) is 4.53. The fourth-order valence-corrected chi connectivity index (χ4v) is 2.50. The van der Waals surface area contributed by atoms with E-state index in [2.05, 4.69) is 44.2 Å². The minimum absolute atomic E-state index is 0.867. The summed E-state index contributed by atoms with van der Waals surface area (Å²) in [7, 11) is 1.69. The molecule has 1 heterocycles. The lowest BCUT2D eigenvalue weighted by Gasteiger charge is -2.10. The number of aromatic nitrogens is 1. The highest BCUT2D eigenvalue weighted by atomic mass is 16.5. The minimum atomic E-state index is 0.867. The fourth-order valence-electron chi connectivity index (χ4n) is 2.50. The number of methoxy groups -OCH3 is 1. The van der Waals surface area contributed by atoms with Gasteiger partial charge in [0.1, 0.15) is 5.75 Å². The second-order valence-corrected chi connectivity index (χ2v) is 5.02. The molecule has 2 nitrogen and oxygen atoms in total. The molecule has 0 bridgehead atoms. The summed E-state index contributed by atoms with van der Waals surface area (Å²) in [6, 6.07) is 16.5. The van der Waals surface area contributed by atoms with Crippen molar-refractivity contribution >= 4 is 10.9 Å². The third kappa shape index (κ3) is 2.14. The van der Waals surface area contributed by atoms with Gasteiger partial charge in [-0.15, -0.1) is 0 Å². The van der Waals surface area contributed by atoms with Gasteiger partial charge in [0.2, 0.25) is 0 Å². The van der Waals surface area contributed by atoms with Gasteiger partial charge in [0.25, 0.3) is 0 Å². The summed E-state index contributed by atoms with van der Waals surface area (Å²) in [6.45, 7) is 4.23. The molecule has 2 heteroatoms. The summed E-state index contributed by atoms with van der Waals surface area (Å²) in [5, 5.41) is 1.14. The van der Waals surface area contributed by atoms with E-state index in [9.17, 15) is 0 Å². The molecule has 0 N–H and O–H groups in total. The van der Waals surface area contributed by atoms with Gasteiger partial charge in [-0.05, 0) is 49.2 Å². The van der Waals surface area contributed by atoms with Crippen molar-refractivity contribution in [3.8, 4) is 17.0 Å². The Morgan fingerprint density at radius 2 is 1.70 bits per heavy atom. The van der Waals surface area contributed by atoms with E-state index in [1.54, 1.807) is 7.11 Å². The fraction of sp³-hybridized carbons (Fsp3) is 0.167. The van der Waals surface area contributed by atoms with Gasteiger partial charge in [-0.2, -0.15) is 0 Å². The van der Waals surface area contributed by atoms with E-state index in [-0.39, 0.29) is 0 Å². The van der Waals surface area contributed by atoms with Crippen LogP contribution in [0.1, 0.15) is 11.1 Å². The molecule has 0 amide bonds. The van der Waals surface area contributed by atoms with Crippen molar-refractivity contribution in [2.24, 2.45) is 0 Å². The monoisotopic (exact) mass is 263 g/mol. The van der Waals surface area contributed by atoms with Crippen molar-refractivity contribution in [2.45, 2.75) is 13.8 Å². The molecule has 0 saturated heterocycles. The molecule has 0 spiro atoms. The van der Waals surface area contributed by atoms with Crippen molar-refractivity contribution in [3.05, 3.63) is 59.7 Å². The van der Waals surface area contributed by atoms with Gasteiger partial charge < -0.3 is 4.74 Å². The SMILES string of the molecule is COc1ccc2nc(-c3ccccc3C)cc(C)c2c1. The Bertz CT molecular complexity index is 777. The zero-order valence-corrected chi connectivity index (χ0v) is 12.0. The molecule has 100 valence electrons. The Morgan fingerprint density at radius 1 is 0.900 bits per heavy atom. The number of pyridine rings is 1. The van der Waals surface area contributed by atoms with Gasteiger partial charge in [0.15, 0.2) is 0 Å². The van der Waals surface area contributed by atoms with Crippen LogP contribution in [0, 0.1) is 13.8 Å². The van der Waals surface area contributed by atoms with Crippen LogP contribution in [0.25, 0.3) is 22.2 Å². The Morgan fingerprint density at radius 3 is 2.45 bits per heavy atom. The van der Waals surface area contributed by atoms with Gasteiger partial charge in [-0.3, -0.25) is 0 Å². The summed E-state index contributed by atoms with van der Waals surface area (Å²) in [5.74, 6) is 0.867. The summed E-state index contributed by atoms with van der Waals surface area (Å²) in [4.78, 5) is 4.79. The smallest absolute Gasteiger partial charge is 0.119 e. The third-order valence-corrected chi connectivity index (χ3v) is 3.64.